The van der Waals surface area contributed by atoms with E-state index in [1.807, 2.05) is 0 Å². The second-order valence-corrected chi connectivity index (χ2v) is 11.1. The second kappa shape index (κ2) is 13.3. The van der Waals surface area contributed by atoms with Crippen molar-refractivity contribution in [1.82, 2.24) is 15.1 Å². The van der Waals surface area contributed by atoms with Crippen LogP contribution in [0.4, 0.5) is 5.69 Å². The lowest BCUT2D eigenvalue weighted by molar-refractivity contribution is -0.384. The van der Waals surface area contributed by atoms with Crippen molar-refractivity contribution in [3.63, 3.8) is 0 Å². The molecule has 0 bridgehead atoms. The summed E-state index contributed by atoms with van der Waals surface area (Å²) in [6.45, 7) is 0.168. The van der Waals surface area contributed by atoms with Gasteiger partial charge in [-0.25, -0.2) is 0 Å². The highest BCUT2D eigenvalue weighted by atomic mass is 35.5. The normalized spacial score (nSPS) is 17.9. The summed E-state index contributed by atoms with van der Waals surface area (Å²) in [7, 11) is 0. The SMILES string of the molecule is O=C(O)CC(NC(=O)C1N(C(=O)CCC2CCCC2)CCN1C(=O)c1ccc(Cl)c(Cl)c1)c1cccc([N+](=O)[O-])c1. The summed E-state index contributed by atoms with van der Waals surface area (Å²) in [5, 5.41) is 23.8. The van der Waals surface area contributed by atoms with Gasteiger partial charge in [-0.1, -0.05) is 61.0 Å². The van der Waals surface area contributed by atoms with E-state index in [-0.39, 0.29) is 52.3 Å². The fraction of sp³-hybridized carbons (Fsp3) is 0.429. The monoisotopic (exact) mass is 604 g/mol. The molecule has 2 aliphatic rings. The van der Waals surface area contributed by atoms with Crippen LogP contribution in [0.2, 0.25) is 10.0 Å². The zero-order valence-corrected chi connectivity index (χ0v) is 23.6. The fourth-order valence-corrected chi connectivity index (χ4v) is 5.78. The predicted octanol–water partition coefficient (Wildman–Crippen LogP) is 4.81. The molecule has 2 N–H and O–H groups in total. The summed E-state index contributed by atoms with van der Waals surface area (Å²) in [6.07, 6.45) is 3.33. The molecule has 13 heteroatoms. The molecule has 0 radical (unpaired) electrons. The number of hydrogen-bond acceptors (Lipinski definition) is 6. The largest absolute Gasteiger partial charge is 0.481 e. The number of benzene rings is 2. The van der Waals surface area contributed by atoms with Crippen molar-refractivity contribution >= 4 is 52.6 Å². The number of hydrogen-bond donors (Lipinski definition) is 2. The highest BCUT2D eigenvalue weighted by Gasteiger charge is 2.43. The van der Waals surface area contributed by atoms with Gasteiger partial charge < -0.3 is 20.2 Å². The van der Waals surface area contributed by atoms with Crippen molar-refractivity contribution < 1.29 is 29.2 Å². The molecule has 1 saturated heterocycles. The quantitative estimate of drug-likeness (QED) is 0.291. The third-order valence-corrected chi connectivity index (χ3v) is 8.31. The average Bonchev–Trinajstić information content (AvgIpc) is 3.63. The summed E-state index contributed by atoms with van der Waals surface area (Å²) >= 11 is 12.1. The molecule has 1 saturated carbocycles. The molecule has 218 valence electrons. The van der Waals surface area contributed by atoms with Crippen LogP contribution in [0, 0.1) is 16.0 Å². The van der Waals surface area contributed by atoms with Crippen molar-refractivity contribution in [2.75, 3.05) is 13.1 Å². The number of nitro benzene ring substituents is 1. The molecule has 1 heterocycles. The number of nitro groups is 1. The van der Waals surface area contributed by atoms with Gasteiger partial charge in [0.1, 0.15) is 0 Å². The molecule has 1 aliphatic heterocycles. The minimum atomic E-state index is -1.36. The Balaban J connectivity index is 1.62. The third kappa shape index (κ3) is 7.34. The van der Waals surface area contributed by atoms with Crippen LogP contribution >= 0.6 is 23.2 Å². The van der Waals surface area contributed by atoms with Crippen LogP contribution < -0.4 is 5.32 Å². The van der Waals surface area contributed by atoms with Gasteiger partial charge in [-0.05, 0) is 36.1 Å². The van der Waals surface area contributed by atoms with Crippen molar-refractivity contribution in [2.45, 2.75) is 57.2 Å². The standard InChI is InChI=1S/C28H30Cl2N4O7/c29-21-10-9-19(15-22(21)30)28(39)33-13-12-32(24(35)11-8-17-4-1-2-5-17)27(33)26(38)31-23(16-25(36)37)18-6-3-7-20(14-18)34(40)41/h3,6-7,9-10,14-15,17,23,27H,1-2,4-5,8,11-13,16H2,(H,31,38)(H,36,37). The molecule has 11 nitrogen and oxygen atoms in total. The molecule has 2 unspecified atom stereocenters. The van der Waals surface area contributed by atoms with E-state index >= 15 is 0 Å². The summed E-state index contributed by atoms with van der Waals surface area (Å²) < 4.78 is 0. The fourth-order valence-electron chi connectivity index (χ4n) is 5.48. The number of nitrogens with one attached hydrogen (secondary N) is 1. The summed E-state index contributed by atoms with van der Waals surface area (Å²) in [5.41, 5.74) is 0.0979. The van der Waals surface area contributed by atoms with Crippen molar-refractivity contribution in [3.8, 4) is 0 Å². The Morgan fingerprint density at radius 1 is 1.02 bits per heavy atom. The Hall–Kier alpha value is -3.70. The molecule has 41 heavy (non-hydrogen) atoms. The van der Waals surface area contributed by atoms with Crippen molar-refractivity contribution in [3.05, 3.63) is 73.8 Å². The van der Waals surface area contributed by atoms with Crippen LogP contribution in [0.25, 0.3) is 0 Å². The summed E-state index contributed by atoms with van der Waals surface area (Å²) in [4.78, 5) is 65.6. The first kappa shape index (κ1) is 30.3. The average molecular weight is 605 g/mol. The first-order chi connectivity index (χ1) is 19.5. The molecular weight excluding hydrogens is 575 g/mol. The van der Waals surface area contributed by atoms with Crippen LogP contribution in [0.1, 0.15) is 66.9 Å². The number of carbonyl (C=O) groups is 4. The summed E-state index contributed by atoms with van der Waals surface area (Å²) in [6, 6.07) is 8.44. The maximum absolute atomic E-state index is 13.8. The second-order valence-electron chi connectivity index (χ2n) is 10.3. The first-order valence-electron chi connectivity index (χ1n) is 13.4. The maximum atomic E-state index is 13.8. The van der Waals surface area contributed by atoms with Gasteiger partial charge in [0.05, 0.1) is 27.4 Å². The lowest BCUT2D eigenvalue weighted by atomic mass is 10.0. The molecule has 0 spiro atoms. The molecular formula is C28H30Cl2N4O7. The zero-order valence-electron chi connectivity index (χ0n) is 22.1. The van der Waals surface area contributed by atoms with Gasteiger partial charge in [-0.2, -0.15) is 0 Å². The van der Waals surface area contributed by atoms with Gasteiger partial charge in [-0.15, -0.1) is 0 Å². The van der Waals surface area contributed by atoms with E-state index in [9.17, 15) is 34.4 Å². The van der Waals surface area contributed by atoms with Gasteiger partial charge >= 0.3 is 5.97 Å². The number of aliphatic carboxylic acids is 1. The lowest BCUT2D eigenvalue weighted by Crippen LogP contribution is -2.54. The Kier molecular flexibility index (Phi) is 9.82. The van der Waals surface area contributed by atoms with E-state index in [1.165, 1.54) is 52.3 Å². The Bertz CT molecular complexity index is 1350. The molecule has 3 amide bonds. The number of carboxylic acids is 1. The molecule has 2 atom stereocenters. The molecule has 4 rings (SSSR count). The number of non-ortho nitro benzene ring substituents is 1. The van der Waals surface area contributed by atoms with Crippen molar-refractivity contribution in [1.29, 1.82) is 0 Å². The van der Waals surface area contributed by atoms with Crippen LogP contribution in [-0.2, 0) is 14.4 Å². The van der Waals surface area contributed by atoms with Gasteiger partial charge in [0.2, 0.25) is 5.91 Å². The minimum Gasteiger partial charge on any atom is -0.481 e. The Morgan fingerprint density at radius 2 is 1.73 bits per heavy atom. The predicted molar refractivity (Wildman–Crippen MR) is 150 cm³/mol. The highest BCUT2D eigenvalue weighted by Crippen LogP contribution is 2.30. The smallest absolute Gasteiger partial charge is 0.305 e. The van der Waals surface area contributed by atoms with E-state index in [1.54, 1.807) is 0 Å². The zero-order chi connectivity index (χ0) is 29.7. The van der Waals surface area contributed by atoms with E-state index in [2.05, 4.69) is 5.32 Å². The van der Waals surface area contributed by atoms with Gasteiger partial charge in [-0.3, -0.25) is 29.3 Å². The minimum absolute atomic E-state index is 0.0622. The number of carbonyl (C=O) groups excluding carboxylic acids is 3. The van der Waals surface area contributed by atoms with Gasteiger partial charge in [0.25, 0.3) is 17.5 Å². The molecule has 2 aromatic rings. The Morgan fingerprint density at radius 3 is 2.39 bits per heavy atom. The van der Waals surface area contributed by atoms with Gasteiger partial charge in [0.15, 0.2) is 6.17 Å². The molecule has 1 aliphatic carbocycles. The lowest BCUT2D eigenvalue weighted by Gasteiger charge is -2.31. The van der Waals surface area contributed by atoms with Crippen LogP contribution in [-0.4, -0.2) is 62.8 Å². The van der Waals surface area contributed by atoms with Gasteiger partial charge in [0, 0.05) is 37.2 Å². The molecule has 0 aromatic heterocycles. The number of nitrogens with zero attached hydrogens (tertiary/aromatic N) is 3. The van der Waals surface area contributed by atoms with Crippen molar-refractivity contribution in [2.24, 2.45) is 5.92 Å². The molecule has 2 fully saturated rings. The van der Waals surface area contributed by atoms with E-state index < -0.39 is 41.3 Å². The third-order valence-electron chi connectivity index (χ3n) is 7.57. The van der Waals surface area contributed by atoms with Crippen LogP contribution in [0.3, 0.4) is 0 Å². The van der Waals surface area contributed by atoms with E-state index in [0.717, 1.165) is 25.7 Å². The van der Waals surface area contributed by atoms with Crippen LogP contribution in [0.15, 0.2) is 42.5 Å². The van der Waals surface area contributed by atoms with Crippen LogP contribution in [0.5, 0.6) is 0 Å². The highest BCUT2D eigenvalue weighted by molar-refractivity contribution is 6.42. The molecule has 2 aromatic carbocycles. The number of halogens is 2. The van der Waals surface area contributed by atoms with E-state index in [4.69, 9.17) is 23.2 Å². The number of carboxylic acid groups (broad SMARTS) is 1. The maximum Gasteiger partial charge on any atom is 0.305 e. The summed E-state index contributed by atoms with van der Waals surface area (Å²) in [5.74, 6) is -2.42. The number of amides is 3. The van der Waals surface area contributed by atoms with E-state index in [0.29, 0.717) is 12.3 Å². The first-order valence-corrected chi connectivity index (χ1v) is 14.1. The number of rotatable bonds is 10. The topological polar surface area (TPSA) is 150 Å². The Labute approximate surface area is 246 Å².